The minimum atomic E-state index is -1.19. The second-order valence-electron chi connectivity index (χ2n) is 3.73. The van der Waals surface area contributed by atoms with Crippen molar-refractivity contribution in [3.63, 3.8) is 0 Å². The van der Waals surface area contributed by atoms with E-state index in [0.29, 0.717) is 5.82 Å². The number of carboxylic acid groups (broad SMARTS) is 1. The van der Waals surface area contributed by atoms with Gasteiger partial charge in [0.25, 0.3) is 0 Å². The number of carbonyl (C=O) groups is 1. The molecule has 1 heterocycles. The Balaban J connectivity index is 2.45. The van der Waals surface area contributed by atoms with Gasteiger partial charge in [0.15, 0.2) is 0 Å². The zero-order chi connectivity index (χ0) is 14.0. The topological polar surface area (TPSA) is 75.1 Å². The fourth-order valence-corrected chi connectivity index (χ4v) is 1.61. The van der Waals surface area contributed by atoms with E-state index in [1.54, 1.807) is 6.92 Å². The summed E-state index contributed by atoms with van der Waals surface area (Å²) in [5.41, 5.74) is 0.119. The van der Waals surface area contributed by atoms with Crippen molar-refractivity contribution < 1.29 is 14.3 Å². The fraction of sp³-hybridized carbons (Fsp3) is 0.0833. The van der Waals surface area contributed by atoms with Crippen molar-refractivity contribution in [3.8, 4) is 0 Å². The number of aromatic nitrogens is 2. The molecular formula is C12H9ClFN3O2. The molecule has 0 bridgehead atoms. The zero-order valence-electron chi connectivity index (χ0n) is 9.82. The molecule has 2 aromatic rings. The van der Waals surface area contributed by atoms with Crippen LogP contribution in [-0.2, 0) is 0 Å². The first-order valence-corrected chi connectivity index (χ1v) is 5.64. The summed E-state index contributed by atoms with van der Waals surface area (Å²) < 4.78 is 13.1. The summed E-state index contributed by atoms with van der Waals surface area (Å²) in [6.45, 7) is 1.62. The maximum absolute atomic E-state index is 13.1. The minimum Gasteiger partial charge on any atom is -0.477 e. The van der Waals surface area contributed by atoms with Gasteiger partial charge < -0.3 is 10.4 Å². The van der Waals surface area contributed by atoms with Gasteiger partial charge in [-0.1, -0.05) is 11.6 Å². The van der Waals surface area contributed by atoms with E-state index in [1.807, 2.05) is 0 Å². The van der Waals surface area contributed by atoms with Gasteiger partial charge in [-0.15, -0.1) is 0 Å². The number of aromatic carboxylic acids is 1. The van der Waals surface area contributed by atoms with E-state index in [9.17, 15) is 9.18 Å². The van der Waals surface area contributed by atoms with Crippen molar-refractivity contribution in [3.05, 3.63) is 46.6 Å². The van der Waals surface area contributed by atoms with E-state index < -0.39 is 11.8 Å². The van der Waals surface area contributed by atoms with Crippen molar-refractivity contribution in [2.75, 3.05) is 5.32 Å². The number of hydrogen-bond acceptors (Lipinski definition) is 4. The van der Waals surface area contributed by atoms with E-state index >= 15 is 0 Å². The van der Waals surface area contributed by atoms with Gasteiger partial charge in [0.1, 0.15) is 23.0 Å². The second kappa shape index (κ2) is 5.19. The van der Waals surface area contributed by atoms with Crippen molar-refractivity contribution in [2.24, 2.45) is 0 Å². The summed E-state index contributed by atoms with van der Waals surface area (Å²) in [6.07, 6.45) is 1.18. The van der Waals surface area contributed by atoms with Gasteiger partial charge in [-0.3, -0.25) is 0 Å². The normalized spacial score (nSPS) is 10.3. The Morgan fingerprint density at radius 1 is 1.47 bits per heavy atom. The highest BCUT2D eigenvalue weighted by atomic mass is 35.5. The molecule has 0 spiro atoms. The highest BCUT2D eigenvalue weighted by Gasteiger charge is 2.14. The Labute approximate surface area is 113 Å². The lowest BCUT2D eigenvalue weighted by molar-refractivity contribution is 0.0697. The Morgan fingerprint density at radius 2 is 2.21 bits per heavy atom. The number of anilines is 2. The van der Waals surface area contributed by atoms with Crippen LogP contribution in [0.25, 0.3) is 0 Å². The number of nitrogens with zero attached hydrogens (tertiary/aromatic N) is 2. The SMILES string of the molecule is Cc1ncc(C(=O)O)c(Nc2cc(F)ccc2Cl)n1. The van der Waals surface area contributed by atoms with E-state index in [2.05, 4.69) is 15.3 Å². The van der Waals surface area contributed by atoms with E-state index in [-0.39, 0.29) is 22.1 Å². The van der Waals surface area contributed by atoms with Gasteiger partial charge in [-0.25, -0.2) is 19.2 Å². The molecule has 0 saturated carbocycles. The van der Waals surface area contributed by atoms with Gasteiger partial charge in [0.2, 0.25) is 0 Å². The van der Waals surface area contributed by atoms with Gasteiger partial charge in [0, 0.05) is 6.20 Å². The Kier molecular flexibility index (Phi) is 3.62. The monoisotopic (exact) mass is 281 g/mol. The van der Waals surface area contributed by atoms with E-state index in [0.717, 1.165) is 6.07 Å². The molecule has 19 heavy (non-hydrogen) atoms. The third-order valence-corrected chi connectivity index (χ3v) is 2.65. The van der Waals surface area contributed by atoms with Crippen molar-refractivity contribution >= 4 is 29.1 Å². The summed E-state index contributed by atoms with van der Waals surface area (Å²) in [5, 5.41) is 12.0. The van der Waals surface area contributed by atoms with Crippen LogP contribution in [-0.4, -0.2) is 21.0 Å². The van der Waals surface area contributed by atoms with Crippen LogP contribution in [0.4, 0.5) is 15.9 Å². The molecule has 0 fully saturated rings. The molecular weight excluding hydrogens is 273 g/mol. The summed E-state index contributed by atoms with van der Waals surface area (Å²) in [6, 6.07) is 3.73. The molecule has 0 atom stereocenters. The van der Waals surface area contributed by atoms with Crippen LogP contribution in [0, 0.1) is 12.7 Å². The molecule has 98 valence electrons. The summed E-state index contributed by atoms with van der Waals surface area (Å²) in [5.74, 6) is -1.22. The fourth-order valence-electron chi connectivity index (χ4n) is 1.44. The second-order valence-corrected chi connectivity index (χ2v) is 4.14. The maximum atomic E-state index is 13.1. The zero-order valence-corrected chi connectivity index (χ0v) is 10.6. The molecule has 2 N–H and O–H groups in total. The lowest BCUT2D eigenvalue weighted by Gasteiger charge is -2.10. The smallest absolute Gasteiger partial charge is 0.341 e. The predicted molar refractivity (Wildman–Crippen MR) is 68.4 cm³/mol. The lowest BCUT2D eigenvalue weighted by Crippen LogP contribution is -2.07. The first-order chi connectivity index (χ1) is 8.97. The molecule has 0 aliphatic heterocycles. The molecule has 5 nitrogen and oxygen atoms in total. The third kappa shape index (κ3) is 2.97. The highest BCUT2D eigenvalue weighted by molar-refractivity contribution is 6.33. The molecule has 0 aliphatic rings. The van der Waals surface area contributed by atoms with Crippen LogP contribution in [0.2, 0.25) is 5.02 Å². The van der Waals surface area contributed by atoms with E-state index in [1.165, 1.54) is 18.3 Å². The minimum absolute atomic E-state index is 0.0625. The number of halogens is 2. The quantitative estimate of drug-likeness (QED) is 0.904. The first kappa shape index (κ1) is 13.2. The van der Waals surface area contributed by atoms with Crippen LogP contribution in [0.1, 0.15) is 16.2 Å². The van der Waals surface area contributed by atoms with Crippen LogP contribution in [0.5, 0.6) is 0 Å². The number of benzene rings is 1. The van der Waals surface area contributed by atoms with Gasteiger partial charge in [-0.2, -0.15) is 0 Å². The molecule has 0 aliphatic carbocycles. The third-order valence-electron chi connectivity index (χ3n) is 2.32. The molecule has 1 aromatic carbocycles. The van der Waals surface area contributed by atoms with Crippen LogP contribution in [0.15, 0.2) is 24.4 Å². The standard InChI is InChI=1S/C12H9ClFN3O2/c1-6-15-5-8(12(18)19)11(16-6)17-10-4-7(14)2-3-9(10)13/h2-5H,1H3,(H,18,19)(H,15,16,17). The van der Waals surface area contributed by atoms with Crippen LogP contribution < -0.4 is 5.32 Å². The maximum Gasteiger partial charge on any atom is 0.341 e. The number of hydrogen-bond donors (Lipinski definition) is 2. The lowest BCUT2D eigenvalue weighted by atomic mass is 10.2. The van der Waals surface area contributed by atoms with E-state index in [4.69, 9.17) is 16.7 Å². The molecule has 0 amide bonds. The molecule has 1 aromatic heterocycles. The predicted octanol–water partition coefficient (Wildman–Crippen LogP) is 3.02. The van der Waals surface area contributed by atoms with Gasteiger partial charge >= 0.3 is 5.97 Å². The van der Waals surface area contributed by atoms with Gasteiger partial charge in [0.05, 0.1) is 10.7 Å². The first-order valence-electron chi connectivity index (χ1n) is 5.26. The molecule has 7 heteroatoms. The molecule has 0 unspecified atom stereocenters. The van der Waals surface area contributed by atoms with Crippen molar-refractivity contribution in [1.82, 2.24) is 9.97 Å². The number of carboxylic acids is 1. The summed E-state index contributed by atoms with van der Waals surface area (Å²) in [4.78, 5) is 18.8. The number of aryl methyl sites for hydroxylation is 1. The molecule has 0 saturated heterocycles. The Morgan fingerprint density at radius 3 is 2.89 bits per heavy atom. The highest BCUT2D eigenvalue weighted by Crippen LogP contribution is 2.26. The largest absolute Gasteiger partial charge is 0.477 e. The van der Waals surface area contributed by atoms with Crippen molar-refractivity contribution in [2.45, 2.75) is 6.92 Å². The van der Waals surface area contributed by atoms with Gasteiger partial charge in [-0.05, 0) is 25.1 Å². The van der Waals surface area contributed by atoms with Crippen molar-refractivity contribution in [1.29, 1.82) is 0 Å². The molecule has 0 radical (unpaired) electrons. The average molecular weight is 282 g/mol. The Bertz CT molecular complexity index is 649. The molecule has 2 rings (SSSR count). The van der Waals surface area contributed by atoms with Crippen LogP contribution >= 0.6 is 11.6 Å². The van der Waals surface area contributed by atoms with Crippen LogP contribution in [0.3, 0.4) is 0 Å². The average Bonchev–Trinajstić information content (AvgIpc) is 2.33. The number of rotatable bonds is 3. The summed E-state index contributed by atoms with van der Waals surface area (Å²) in [7, 11) is 0. The number of nitrogens with one attached hydrogen (secondary N) is 1. The summed E-state index contributed by atoms with van der Waals surface area (Å²) >= 11 is 5.90. The Hall–Kier alpha value is -2.21.